The van der Waals surface area contributed by atoms with Gasteiger partial charge in [0.25, 0.3) is 0 Å². The minimum Gasteiger partial charge on any atom is -0.383 e. The molecule has 110 valence electrons. The summed E-state index contributed by atoms with van der Waals surface area (Å²) in [5.74, 6) is 0.428. The Labute approximate surface area is 127 Å². The van der Waals surface area contributed by atoms with Crippen molar-refractivity contribution in [2.45, 2.75) is 6.92 Å². The highest BCUT2D eigenvalue weighted by atomic mass is 16.1. The first kappa shape index (κ1) is 13.8. The Morgan fingerprint density at radius 2 is 1.68 bits per heavy atom. The molecule has 0 spiro atoms. The van der Waals surface area contributed by atoms with Crippen LogP contribution in [0.3, 0.4) is 0 Å². The van der Waals surface area contributed by atoms with E-state index in [1.165, 1.54) is 6.92 Å². The van der Waals surface area contributed by atoms with Crippen molar-refractivity contribution < 1.29 is 4.79 Å². The molecule has 0 unspecified atom stereocenters. The summed E-state index contributed by atoms with van der Waals surface area (Å²) in [7, 11) is 0. The Kier molecular flexibility index (Phi) is 3.34. The molecule has 0 aliphatic carbocycles. The highest BCUT2D eigenvalue weighted by Gasteiger charge is 2.06. The molecule has 1 amide bonds. The summed E-state index contributed by atoms with van der Waals surface area (Å²) in [5.41, 5.74) is 15.0. The number of nitrogens with zero attached hydrogens (tertiary/aromatic N) is 2. The molecule has 0 saturated carbocycles. The summed E-state index contributed by atoms with van der Waals surface area (Å²) in [6.07, 6.45) is 0. The van der Waals surface area contributed by atoms with Crippen molar-refractivity contribution in [2.24, 2.45) is 0 Å². The van der Waals surface area contributed by atoms with Gasteiger partial charge in [-0.25, -0.2) is 4.98 Å². The predicted octanol–water partition coefficient (Wildman–Crippen LogP) is 2.42. The molecule has 2 aromatic carbocycles. The third-order valence-electron chi connectivity index (χ3n) is 3.28. The molecule has 1 heterocycles. The SMILES string of the molecule is CC(=O)Nc1ccc(-c2ccc3nc(N)nc(N)c3c2)cc1. The van der Waals surface area contributed by atoms with Gasteiger partial charge in [-0.05, 0) is 35.4 Å². The number of nitrogen functional groups attached to an aromatic ring is 2. The number of anilines is 3. The number of rotatable bonds is 2. The Balaban J connectivity index is 2.01. The molecule has 0 bridgehead atoms. The second kappa shape index (κ2) is 5.33. The molecule has 3 aromatic rings. The summed E-state index contributed by atoms with van der Waals surface area (Å²) >= 11 is 0. The van der Waals surface area contributed by atoms with Crippen LogP contribution in [0.2, 0.25) is 0 Å². The number of hydrogen-bond donors (Lipinski definition) is 3. The lowest BCUT2D eigenvalue weighted by atomic mass is 10.0. The Bertz CT molecular complexity index is 858. The maximum atomic E-state index is 11.0. The standard InChI is InChI=1S/C16H15N5O/c1-9(22)19-12-5-2-10(3-6-12)11-4-7-14-13(8-11)15(17)21-16(18)20-14/h2-8H,1H3,(H,19,22)(H4,17,18,20,21). The number of nitrogens with one attached hydrogen (secondary N) is 1. The molecular weight excluding hydrogens is 278 g/mol. The second-order valence-corrected chi connectivity index (χ2v) is 4.96. The number of carbonyl (C=O) groups is 1. The van der Waals surface area contributed by atoms with E-state index >= 15 is 0 Å². The van der Waals surface area contributed by atoms with Crippen LogP contribution in [0.4, 0.5) is 17.5 Å². The maximum Gasteiger partial charge on any atom is 0.222 e. The van der Waals surface area contributed by atoms with E-state index in [-0.39, 0.29) is 11.9 Å². The summed E-state index contributed by atoms with van der Waals surface area (Å²) in [5, 5.41) is 3.50. The van der Waals surface area contributed by atoms with Crippen molar-refractivity contribution in [1.29, 1.82) is 0 Å². The van der Waals surface area contributed by atoms with Gasteiger partial charge in [0.15, 0.2) is 0 Å². The van der Waals surface area contributed by atoms with E-state index in [4.69, 9.17) is 11.5 Å². The number of carbonyl (C=O) groups excluding carboxylic acids is 1. The third kappa shape index (κ3) is 2.67. The van der Waals surface area contributed by atoms with Gasteiger partial charge in [-0.3, -0.25) is 4.79 Å². The van der Waals surface area contributed by atoms with Crippen molar-refractivity contribution in [3.63, 3.8) is 0 Å². The molecule has 3 rings (SSSR count). The third-order valence-corrected chi connectivity index (χ3v) is 3.28. The zero-order valence-corrected chi connectivity index (χ0v) is 12.0. The minimum atomic E-state index is -0.0963. The minimum absolute atomic E-state index is 0.0963. The zero-order chi connectivity index (χ0) is 15.7. The summed E-state index contributed by atoms with van der Waals surface area (Å²) in [4.78, 5) is 19.2. The van der Waals surface area contributed by atoms with Crippen LogP contribution < -0.4 is 16.8 Å². The summed E-state index contributed by atoms with van der Waals surface area (Å²) < 4.78 is 0. The van der Waals surface area contributed by atoms with Gasteiger partial charge >= 0.3 is 0 Å². The summed E-state index contributed by atoms with van der Waals surface area (Å²) in [6, 6.07) is 13.3. The van der Waals surface area contributed by atoms with Gasteiger partial charge in [0, 0.05) is 18.0 Å². The fourth-order valence-electron chi connectivity index (χ4n) is 2.30. The van der Waals surface area contributed by atoms with Crippen LogP contribution >= 0.6 is 0 Å². The van der Waals surface area contributed by atoms with Gasteiger partial charge in [0.05, 0.1) is 5.52 Å². The molecular formula is C16H15N5O. The highest BCUT2D eigenvalue weighted by molar-refractivity contribution is 5.93. The molecule has 0 radical (unpaired) electrons. The molecule has 22 heavy (non-hydrogen) atoms. The van der Waals surface area contributed by atoms with Crippen molar-refractivity contribution in [3.8, 4) is 11.1 Å². The lowest BCUT2D eigenvalue weighted by Gasteiger charge is -2.07. The van der Waals surface area contributed by atoms with Gasteiger partial charge in [0.2, 0.25) is 11.9 Å². The summed E-state index contributed by atoms with van der Waals surface area (Å²) in [6.45, 7) is 1.48. The molecule has 5 N–H and O–H groups in total. The van der Waals surface area contributed by atoms with Crippen LogP contribution in [0.15, 0.2) is 42.5 Å². The first-order valence-corrected chi connectivity index (χ1v) is 6.74. The molecule has 0 fully saturated rings. The van der Waals surface area contributed by atoms with Gasteiger partial charge in [-0.15, -0.1) is 0 Å². The largest absolute Gasteiger partial charge is 0.383 e. The monoisotopic (exact) mass is 293 g/mol. The first-order chi connectivity index (χ1) is 10.5. The van der Waals surface area contributed by atoms with Crippen LogP contribution in [0.5, 0.6) is 0 Å². The van der Waals surface area contributed by atoms with Crippen molar-refractivity contribution in [1.82, 2.24) is 9.97 Å². The van der Waals surface area contributed by atoms with Gasteiger partial charge in [0.1, 0.15) is 5.82 Å². The van der Waals surface area contributed by atoms with Crippen LogP contribution in [-0.4, -0.2) is 15.9 Å². The molecule has 0 atom stereocenters. The molecule has 6 nitrogen and oxygen atoms in total. The van der Waals surface area contributed by atoms with E-state index in [9.17, 15) is 4.79 Å². The number of amides is 1. The van der Waals surface area contributed by atoms with Crippen molar-refractivity contribution >= 4 is 34.3 Å². The Morgan fingerprint density at radius 1 is 1.00 bits per heavy atom. The van der Waals surface area contributed by atoms with E-state index in [0.717, 1.165) is 22.2 Å². The van der Waals surface area contributed by atoms with Crippen LogP contribution in [0, 0.1) is 0 Å². The lowest BCUT2D eigenvalue weighted by molar-refractivity contribution is -0.114. The topological polar surface area (TPSA) is 107 Å². The molecule has 0 aliphatic rings. The van der Waals surface area contributed by atoms with Crippen LogP contribution in [0.1, 0.15) is 6.92 Å². The highest BCUT2D eigenvalue weighted by Crippen LogP contribution is 2.27. The van der Waals surface area contributed by atoms with Gasteiger partial charge in [-0.1, -0.05) is 18.2 Å². The van der Waals surface area contributed by atoms with Gasteiger partial charge in [-0.2, -0.15) is 4.98 Å². The molecule has 6 heteroatoms. The quantitative estimate of drug-likeness (QED) is 0.672. The second-order valence-electron chi connectivity index (χ2n) is 4.96. The van der Waals surface area contributed by atoms with E-state index < -0.39 is 0 Å². The smallest absolute Gasteiger partial charge is 0.222 e. The maximum absolute atomic E-state index is 11.0. The fourth-order valence-corrected chi connectivity index (χ4v) is 2.30. The van der Waals surface area contributed by atoms with Crippen molar-refractivity contribution in [2.75, 3.05) is 16.8 Å². The number of benzene rings is 2. The normalized spacial score (nSPS) is 10.6. The average molecular weight is 293 g/mol. The fraction of sp³-hybridized carbons (Fsp3) is 0.0625. The van der Waals surface area contributed by atoms with E-state index in [2.05, 4.69) is 15.3 Å². The van der Waals surface area contributed by atoms with Crippen molar-refractivity contribution in [3.05, 3.63) is 42.5 Å². The number of aromatic nitrogens is 2. The van der Waals surface area contributed by atoms with E-state index in [1.54, 1.807) is 0 Å². The van der Waals surface area contributed by atoms with Crippen LogP contribution in [-0.2, 0) is 4.79 Å². The lowest BCUT2D eigenvalue weighted by Crippen LogP contribution is -2.05. The molecule has 0 aliphatic heterocycles. The number of hydrogen-bond acceptors (Lipinski definition) is 5. The number of fused-ring (bicyclic) bond motifs is 1. The van der Waals surface area contributed by atoms with E-state index in [1.807, 2.05) is 42.5 Å². The average Bonchev–Trinajstić information content (AvgIpc) is 2.47. The zero-order valence-electron chi connectivity index (χ0n) is 12.0. The van der Waals surface area contributed by atoms with Crippen LogP contribution in [0.25, 0.3) is 22.0 Å². The van der Waals surface area contributed by atoms with Gasteiger partial charge < -0.3 is 16.8 Å². The Hall–Kier alpha value is -3.15. The molecule has 1 aromatic heterocycles. The Morgan fingerprint density at radius 3 is 2.36 bits per heavy atom. The first-order valence-electron chi connectivity index (χ1n) is 6.74. The van der Waals surface area contributed by atoms with E-state index in [0.29, 0.717) is 11.3 Å². The number of nitrogens with two attached hydrogens (primary N) is 2. The molecule has 0 saturated heterocycles. The predicted molar refractivity (Wildman–Crippen MR) is 88.1 cm³/mol.